The van der Waals surface area contributed by atoms with Gasteiger partial charge in [0.1, 0.15) is 11.6 Å². The topological polar surface area (TPSA) is 21.3 Å². The monoisotopic (exact) mass is 307 g/mol. The van der Waals surface area contributed by atoms with Gasteiger partial charge in [-0.05, 0) is 18.6 Å². The van der Waals surface area contributed by atoms with Gasteiger partial charge in [0.25, 0.3) is 0 Å². The van der Waals surface area contributed by atoms with Crippen molar-refractivity contribution < 1.29 is 9.13 Å². The molecule has 2 nitrogen and oxygen atoms in total. The number of halogens is 2. The lowest BCUT2D eigenvalue weighted by Gasteiger charge is -2.29. The molecule has 0 spiro atoms. The summed E-state index contributed by atoms with van der Waals surface area (Å²) in [5.74, 6) is 0.626. The van der Waals surface area contributed by atoms with Crippen LogP contribution in [-0.4, -0.2) is 13.0 Å². The van der Waals surface area contributed by atoms with Crippen LogP contribution < -0.4 is 10.1 Å². The van der Waals surface area contributed by atoms with Crippen LogP contribution in [0.4, 0.5) is 4.39 Å². The molecule has 112 valence electrons. The lowest BCUT2D eigenvalue weighted by atomic mass is 9.94. The van der Waals surface area contributed by atoms with E-state index < -0.39 is 5.54 Å². The van der Waals surface area contributed by atoms with E-state index in [0.29, 0.717) is 23.7 Å². The van der Waals surface area contributed by atoms with E-state index in [2.05, 4.69) is 5.32 Å². The number of nitrogens with one attached hydrogen (secondary N) is 1. The second kappa shape index (κ2) is 6.92. The van der Waals surface area contributed by atoms with Gasteiger partial charge in [0.05, 0.1) is 12.6 Å². The molecule has 0 radical (unpaired) electrons. The van der Waals surface area contributed by atoms with E-state index in [4.69, 9.17) is 16.3 Å². The summed E-state index contributed by atoms with van der Waals surface area (Å²) in [5.41, 5.74) is 1.26. The van der Waals surface area contributed by atoms with Gasteiger partial charge in [-0.1, -0.05) is 36.4 Å². The van der Waals surface area contributed by atoms with Crippen molar-refractivity contribution in [2.24, 2.45) is 0 Å². The van der Waals surface area contributed by atoms with E-state index in [1.165, 1.54) is 13.2 Å². The maximum absolute atomic E-state index is 14.0. The van der Waals surface area contributed by atoms with Crippen molar-refractivity contribution in [3.8, 4) is 5.75 Å². The lowest BCUT2D eigenvalue weighted by Crippen LogP contribution is -2.41. The highest BCUT2D eigenvalue weighted by Gasteiger charge is 2.25. The number of methoxy groups -OCH3 is 1. The Bertz CT molecular complexity index is 591. The lowest BCUT2D eigenvalue weighted by molar-refractivity contribution is 0.397. The van der Waals surface area contributed by atoms with Crippen LogP contribution in [0.5, 0.6) is 5.75 Å². The first-order valence-electron chi connectivity index (χ1n) is 6.78. The summed E-state index contributed by atoms with van der Waals surface area (Å²) in [4.78, 5) is 0. The fraction of sp³-hybridized carbons (Fsp3) is 0.294. The molecule has 0 fully saturated rings. The maximum Gasteiger partial charge on any atom is 0.131 e. The van der Waals surface area contributed by atoms with Gasteiger partial charge in [-0.3, -0.25) is 0 Å². The molecule has 0 aliphatic heterocycles. The Morgan fingerprint density at radius 1 is 1.19 bits per heavy atom. The number of benzene rings is 2. The van der Waals surface area contributed by atoms with Gasteiger partial charge in [0.15, 0.2) is 0 Å². The molecule has 2 aromatic carbocycles. The molecular formula is C17H19ClFNO. The average Bonchev–Trinajstić information content (AvgIpc) is 2.54. The molecule has 0 aromatic heterocycles. The zero-order valence-corrected chi connectivity index (χ0v) is 13.0. The number of ether oxygens (including phenoxy) is 1. The van der Waals surface area contributed by atoms with Crippen LogP contribution in [0.3, 0.4) is 0 Å². The van der Waals surface area contributed by atoms with E-state index in [1.54, 1.807) is 12.1 Å². The van der Waals surface area contributed by atoms with Gasteiger partial charge in [0, 0.05) is 24.1 Å². The fourth-order valence-corrected chi connectivity index (χ4v) is 2.37. The first-order valence-corrected chi connectivity index (χ1v) is 7.31. The number of alkyl halides is 1. The Kier molecular flexibility index (Phi) is 5.21. The second-order valence-corrected chi connectivity index (χ2v) is 5.41. The SMILES string of the molecule is COc1ccc(CNC(C)(CCl)c2ccccc2)c(F)c1. The minimum atomic E-state index is -0.408. The van der Waals surface area contributed by atoms with Crippen molar-refractivity contribution in [2.45, 2.75) is 19.0 Å². The highest BCUT2D eigenvalue weighted by Crippen LogP contribution is 2.24. The molecule has 2 rings (SSSR count). The molecular weight excluding hydrogens is 289 g/mol. The Hall–Kier alpha value is -1.58. The fourth-order valence-electron chi connectivity index (χ4n) is 2.12. The smallest absolute Gasteiger partial charge is 0.131 e. The van der Waals surface area contributed by atoms with Crippen LogP contribution in [-0.2, 0) is 12.1 Å². The van der Waals surface area contributed by atoms with E-state index in [0.717, 1.165) is 5.56 Å². The predicted octanol–water partition coefficient (Wildman–Crippen LogP) is 4.08. The van der Waals surface area contributed by atoms with Crippen LogP contribution in [0.2, 0.25) is 0 Å². The van der Waals surface area contributed by atoms with Gasteiger partial charge in [-0.2, -0.15) is 0 Å². The molecule has 1 atom stereocenters. The average molecular weight is 308 g/mol. The minimum absolute atomic E-state index is 0.285. The third-order valence-corrected chi connectivity index (χ3v) is 4.14. The molecule has 4 heteroatoms. The zero-order chi connectivity index (χ0) is 15.3. The van der Waals surface area contributed by atoms with E-state index in [1.807, 2.05) is 37.3 Å². The second-order valence-electron chi connectivity index (χ2n) is 5.14. The van der Waals surface area contributed by atoms with Crippen LogP contribution in [0, 0.1) is 5.82 Å². The minimum Gasteiger partial charge on any atom is -0.497 e. The van der Waals surface area contributed by atoms with Gasteiger partial charge < -0.3 is 10.1 Å². The first kappa shape index (κ1) is 15.8. The van der Waals surface area contributed by atoms with Crippen molar-refractivity contribution >= 4 is 11.6 Å². The van der Waals surface area contributed by atoms with Crippen molar-refractivity contribution in [1.29, 1.82) is 0 Å². The molecule has 0 aliphatic rings. The Balaban J connectivity index is 2.13. The predicted molar refractivity (Wildman–Crippen MR) is 84.3 cm³/mol. The summed E-state index contributed by atoms with van der Waals surface area (Å²) >= 11 is 6.12. The molecule has 0 saturated carbocycles. The van der Waals surface area contributed by atoms with Crippen LogP contribution in [0.25, 0.3) is 0 Å². The maximum atomic E-state index is 14.0. The number of hydrogen-bond donors (Lipinski definition) is 1. The Morgan fingerprint density at radius 3 is 2.48 bits per heavy atom. The van der Waals surface area contributed by atoms with E-state index >= 15 is 0 Å². The van der Waals surface area contributed by atoms with Crippen LogP contribution in [0.1, 0.15) is 18.1 Å². The van der Waals surface area contributed by atoms with E-state index in [-0.39, 0.29) is 5.82 Å². The summed E-state index contributed by atoms with van der Waals surface area (Å²) in [6.45, 7) is 2.41. The molecule has 0 amide bonds. The molecule has 0 bridgehead atoms. The van der Waals surface area contributed by atoms with Gasteiger partial charge >= 0.3 is 0 Å². The van der Waals surface area contributed by atoms with Crippen LogP contribution >= 0.6 is 11.6 Å². The molecule has 1 unspecified atom stereocenters. The Morgan fingerprint density at radius 2 is 1.90 bits per heavy atom. The van der Waals surface area contributed by atoms with Crippen LogP contribution in [0.15, 0.2) is 48.5 Å². The van der Waals surface area contributed by atoms with E-state index in [9.17, 15) is 4.39 Å². The highest BCUT2D eigenvalue weighted by molar-refractivity contribution is 6.18. The summed E-state index contributed by atoms with van der Waals surface area (Å²) in [5, 5.41) is 3.34. The molecule has 0 heterocycles. The summed E-state index contributed by atoms with van der Waals surface area (Å²) < 4.78 is 19.0. The number of rotatable bonds is 6. The standard InChI is InChI=1S/C17H19ClFNO/c1-17(12-18,14-6-4-3-5-7-14)20-11-13-8-9-15(21-2)10-16(13)19/h3-10,20H,11-12H2,1-2H3. The summed E-state index contributed by atoms with van der Waals surface area (Å²) in [7, 11) is 1.52. The van der Waals surface area contributed by atoms with Crippen molar-refractivity contribution in [1.82, 2.24) is 5.32 Å². The largest absolute Gasteiger partial charge is 0.497 e. The molecule has 2 aromatic rings. The quantitative estimate of drug-likeness (QED) is 0.812. The van der Waals surface area contributed by atoms with Crippen molar-refractivity contribution in [2.75, 3.05) is 13.0 Å². The number of hydrogen-bond acceptors (Lipinski definition) is 2. The summed E-state index contributed by atoms with van der Waals surface area (Å²) in [6.07, 6.45) is 0. The van der Waals surface area contributed by atoms with Gasteiger partial charge in [-0.15, -0.1) is 11.6 Å². The van der Waals surface area contributed by atoms with Crippen molar-refractivity contribution in [3.63, 3.8) is 0 Å². The molecule has 21 heavy (non-hydrogen) atoms. The normalized spacial score (nSPS) is 13.7. The molecule has 1 N–H and O–H groups in total. The van der Waals surface area contributed by atoms with Gasteiger partial charge in [-0.25, -0.2) is 4.39 Å². The zero-order valence-electron chi connectivity index (χ0n) is 12.2. The van der Waals surface area contributed by atoms with Crippen molar-refractivity contribution in [3.05, 3.63) is 65.5 Å². The third kappa shape index (κ3) is 3.74. The molecule has 0 aliphatic carbocycles. The summed E-state index contributed by atoms with van der Waals surface area (Å²) in [6, 6.07) is 14.8. The molecule has 0 saturated heterocycles. The highest BCUT2D eigenvalue weighted by atomic mass is 35.5. The first-order chi connectivity index (χ1) is 10.1. The third-order valence-electron chi connectivity index (χ3n) is 3.61. The Labute approximate surface area is 129 Å². The van der Waals surface area contributed by atoms with Gasteiger partial charge in [0.2, 0.25) is 0 Å².